The van der Waals surface area contributed by atoms with E-state index in [0.717, 1.165) is 0 Å². The molecule has 0 aliphatic carbocycles. The van der Waals surface area contributed by atoms with Crippen molar-refractivity contribution in [1.29, 1.82) is 0 Å². The van der Waals surface area contributed by atoms with Crippen LogP contribution in [0.5, 0.6) is 0 Å². The predicted octanol–water partition coefficient (Wildman–Crippen LogP) is 1.06. The van der Waals surface area contributed by atoms with Gasteiger partial charge in [0.1, 0.15) is 23.7 Å². The molecule has 1 saturated heterocycles. The fourth-order valence-electron chi connectivity index (χ4n) is 2.88. The third-order valence-corrected chi connectivity index (χ3v) is 4.24. The molecular weight excluding hydrogens is 331 g/mol. The lowest BCUT2D eigenvalue weighted by molar-refractivity contribution is -0.125. The summed E-state index contributed by atoms with van der Waals surface area (Å²) in [6.07, 6.45) is -2.18. The maximum absolute atomic E-state index is 13.8. The molecule has 2 N–H and O–H groups in total. The number of likely N-dealkylation sites (N-methyl/N-ethyl adjacent to an activating group) is 1. The van der Waals surface area contributed by atoms with Crippen molar-refractivity contribution in [3.63, 3.8) is 0 Å². The summed E-state index contributed by atoms with van der Waals surface area (Å²) >= 11 is 0. The molecule has 0 saturated carbocycles. The smallest absolute Gasteiger partial charge is 0.292 e. The van der Waals surface area contributed by atoms with Crippen molar-refractivity contribution in [3.05, 3.63) is 41.9 Å². The molecule has 134 valence electrons. The van der Waals surface area contributed by atoms with E-state index < -0.39 is 30.0 Å². The van der Waals surface area contributed by atoms with Gasteiger partial charge in [-0.25, -0.2) is 4.39 Å². The van der Waals surface area contributed by atoms with Gasteiger partial charge in [0, 0.05) is 18.2 Å². The summed E-state index contributed by atoms with van der Waals surface area (Å²) in [5.74, 6) is -1.06. The minimum absolute atomic E-state index is 0.0170. The number of ether oxygens (including phenoxy) is 1. The van der Waals surface area contributed by atoms with Gasteiger partial charge < -0.3 is 24.4 Å². The first-order valence-electron chi connectivity index (χ1n) is 7.99. The number of benzene rings is 1. The van der Waals surface area contributed by atoms with Gasteiger partial charge in [0.05, 0.1) is 19.3 Å². The standard InChI is InChI=1S/C17H19FN2O5/c1-2-20(13-8-24-9-14(21)16(13)22)17(23)15-7-12(19-25-15)10-5-3-4-6-11(10)18/h3-7,13-14,16,21-22H,2,8-9H2,1H3/t13-,14-,16+/m1/s1. The molecule has 8 heteroatoms. The van der Waals surface area contributed by atoms with E-state index in [1.165, 1.54) is 23.1 Å². The van der Waals surface area contributed by atoms with Crippen LogP contribution in [0.2, 0.25) is 0 Å². The van der Waals surface area contributed by atoms with Crippen LogP contribution in [0.3, 0.4) is 0 Å². The average Bonchev–Trinajstić information content (AvgIpc) is 3.09. The number of carbonyl (C=O) groups is 1. The molecule has 3 atom stereocenters. The highest BCUT2D eigenvalue weighted by molar-refractivity contribution is 5.92. The Labute approximate surface area is 143 Å². The van der Waals surface area contributed by atoms with Crippen LogP contribution in [0.4, 0.5) is 4.39 Å². The molecular formula is C17H19FN2O5. The Morgan fingerprint density at radius 1 is 1.36 bits per heavy atom. The highest BCUT2D eigenvalue weighted by Crippen LogP contribution is 2.24. The molecule has 1 aromatic heterocycles. The number of aliphatic hydroxyl groups excluding tert-OH is 2. The van der Waals surface area contributed by atoms with E-state index in [0.29, 0.717) is 0 Å². The molecule has 1 fully saturated rings. The molecule has 0 spiro atoms. The molecule has 0 bridgehead atoms. The first-order chi connectivity index (χ1) is 12.0. The van der Waals surface area contributed by atoms with Crippen molar-refractivity contribution in [3.8, 4) is 11.3 Å². The summed E-state index contributed by atoms with van der Waals surface area (Å²) in [6, 6.07) is 6.69. The van der Waals surface area contributed by atoms with E-state index in [4.69, 9.17) is 9.26 Å². The Morgan fingerprint density at radius 3 is 2.84 bits per heavy atom. The summed E-state index contributed by atoms with van der Waals surface area (Å²) in [5, 5.41) is 23.6. The summed E-state index contributed by atoms with van der Waals surface area (Å²) < 4.78 is 24.1. The van der Waals surface area contributed by atoms with Crippen LogP contribution in [0, 0.1) is 5.82 Å². The zero-order valence-corrected chi connectivity index (χ0v) is 13.6. The lowest BCUT2D eigenvalue weighted by Gasteiger charge is -2.38. The Hall–Kier alpha value is -2.29. The van der Waals surface area contributed by atoms with Crippen molar-refractivity contribution in [2.24, 2.45) is 0 Å². The van der Waals surface area contributed by atoms with Crippen molar-refractivity contribution in [1.82, 2.24) is 10.1 Å². The van der Waals surface area contributed by atoms with Crippen molar-refractivity contribution in [2.75, 3.05) is 19.8 Å². The maximum Gasteiger partial charge on any atom is 0.292 e. The number of amides is 1. The molecule has 0 unspecified atom stereocenters. The third-order valence-electron chi connectivity index (χ3n) is 4.24. The number of aromatic nitrogens is 1. The second-order valence-corrected chi connectivity index (χ2v) is 5.81. The average molecular weight is 350 g/mol. The van der Waals surface area contributed by atoms with E-state index in [2.05, 4.69) is 5.16 Å². The van der Waals surface area contributed by atoms with Crippen LogP contribution in [-0.4, -0.2) is 64.2 Å². The second kappa shape index (κ2) is 7.30. The number of aliphatic hydroxyl groups is 2. The van der Waals surface area contributed by atoms with Crippen molar-refractivity contribution < 1.29 is 28.7 Å². The van der Waals surface area contributed by atoms with Crippen LogP contribution in [-0.2, 0) is 4.74 Å². The number of hydrogen-bond acceptors (Lipinski definition) is 6. The first kappa shape index (κ1) is 17.5. The van der Waals surface area contributed by atoms with Gasteiger partial charge in [-0.1, -0.05) is 17.3 Å². The number of rotatable bonds is 4. The fourth-order valence-corrected chi connectivity index (χ4v) is 2.88. The highest BCUT2D eigenvalue weighted by atomic mass is 19.1. The maximum atomic E-state index is 13.8. The van der Waals surface area contributed by atoms with Crippen molar-refractivity contribution >= 4 is 5.91 Å². The number of carbonyl (C=O) groups excluding carboxylic acids is 1. The minimum atomic E-state index is -1.12. The van der Waals surface area contributed by atoms with Gasteiger partial charge >= 0.3 is 0 Å². The van der Waals surface area contributed by atoms with Crippen LogP contribution in [0.25, 0.3) is 11.3 Å². The van der Waals surface area contributed by atoms with Gasteiger partial charge in [0.15, 0.2) is 0 Å². The molecule has 3 rings (SSSR count). The number of nitrogens with zero attached hydrogens (tertiary/aromatic N) is 2. The van der Waals surface area contributed by atoms with Gasteiger partial charge in [0.2, 0.25) is 5.76 Å². The molecule has 2 heterocycles. The molecule has 7 nitrogen and oxygen atoms in total. The fraction of sp³-hybridized carbons (Fsp3) is 0.412. The van der Waals surface area contributed by atoms with E-state index in [1.54, 1.807) is 19.1 Å². The molecule has 1 aliphatic rings. The van der Waals surface area contributed by atoms with E-state index in [-0.39, 0.29) is 36.8 Å². The molecule has 2 aromatic rings. The van der Waals surface area contributed by atoms with Gasteiger partial charge in [-0.2, -0.15) is 0 Å². The SMILES string of the molecule is CCN(C(=O)c1cc(-c2ccccc2F)no1)[C@@H]1COC[C@@H](O)[C@H]1O. The molecule has 0 radical (unpaired) electrons. The molecule has 1 aromatic carbocycles. The minimum Gasteiger partial charge on any atom is -0.388 e. The summed E-state index contributed by atoms with van der Waals surface area (Å²) in [5.41, 5.74) is 0.433. The summed E-state index contributed by atoms with van der Waals surface area (Å²) in [7, 11) is 0. The van der Waals surface area contributed by atoms with Gasteiger partial charge in [-0.15, -0.1) is 0 Å². The molecule has 1 amide bonds. The Balaban J connectivity index is 1.83. The predicted molar refractivity (Wildman–Crippen MR) is 85.2 cm³/mol. The zero-order valence-electron chi connectivity index (χ0n) is 13.6. The normalized spacial score (nSPS) is 23.4. The van der Waals surface area contributed by atoms with Gasteiger partial charge in [0.25, 0.3) is 5.91 Å². The van der Waals surface area contributed by atoms with Crippen LogP contribution >= 0.6 is 0 Å². The molecule has 25 heavy (non-hydrogen) atoms. The van der Waals surface area contributed by atoms with Crippen molar-refractivity contribution in [2.45, 2.75) is 25.2 Å². The summed E-state index contributed by atoms with van der Waals surface area (Å²) in [4.78, 5) is 14.1. The zero-order chi connectivity index (χ0) is 18.0. The third kappa shape index (κ3) is 3.41. The largest absolute Gasteiger partial charge is 0.388 e. The Morgan fingerprint density at radius 2 is 2.12 bits per heavy atom. The Bertz CT molecular complexity index is 750. The number of halogens is 1. The van der Waals surface area contributed by atoms with Crippen LogP contribution in [0.15, 0.2) is 34.9 Å². The monoisotopic (exact) mass is 350 g/mol. The highest BCUT2D eigenvalue weighted by Gasteiger charge is 2.38. The van der Waals surface area contributed by atoms with Gasteiger partial charge in [-0.05, 0) is 19.1 Å². The van der Waals surface area contributed by atoms with Crippen LogP contribution in [0.1, 0.15) is 17.5 Å². The summed E-state index contributed by atoms with van der Waals surface area (Å²) in [6.45, 7) is 2.13. The lowest BCUT2D eigenvalue weighted by atomic mass is 10.0. The lowest BCUT2D eigenvalue weighted by Crippen LogP contribution is -2.57. The Kier molecular flexibility index (Phi) is 5.12. The van der Waals surface area contributed by atoms with E-state index >= 15 is 0 Å². The molecule has 1 aliphatic heterocycles. The van der Waals surface area contributed by atoms with Crippen LogP contribution < -0.4 is 0 Å². The number of hydrogen-bond donors (Lipinski definition) is 2. The quantitative estimate of drug-likeness (QED) is 0.856. The van der Waals surface area contributed by atoms with E-state index in [1.807, 2.05) is 0 Å². The topological polar surface area (TPSA) is 96.0 Å². The second-order valence-electron chi connectivity index (χ2n) is 5.81. The van der Waals surface area contributed by atoms with E-state index in [9.17, 15) is 19.4 Å². The first-order valence-corrected chi connectivity index (χ1v) is 7.99. The van der Waals surface area contributed by atoms with Gasteiger partial charge in [-0.3, -0.25) is 4.79 Å².